The van der Waals surface area contributed by atoms with E-state index in [2.05, 4.69) is 5.32 Å². The van der Waals surface area contributed by atoms with Crippen LogP contribution in [0.3, 0.4) is 0 Å². The van der Waals surface area contributed by atoms with Crippen molar-refractivity contribution in [3.63, 3.8) is 0 Å². The van der Waals surface area contributed by atoms with Gasteiger partial charge in [0.05, 0.1) is 18.7 Å². The third kappa shape index (κ3) is 4.26. The number of carboxylic acid groups (broad SMARTS) is 1. The minimum Gasteiger partial charge on any atom is -0.493 e. The summed E-state index contributed by atoms with van der Waals surface area (Å²) in [6, 6.07) is 9.73. The maximum absolute atomic E-state index is 12.9. The molecule has 1 aliphatic heterocycles. The second kappa shape index (κ2) is 8.05. The molecule has 1 aromatic heterocycles. The Morgan fingerprint density at radius 3 is 2.57 bits per heavy atom. The quantitative estimate of drug-likeness (QED) is 0.435. The first-order valence-electron chi connectivity index (χ1n) is 8.27. The zero-order valence-electron chi connectivity index (χ0n) is 14.8. The van der Waals surface area contributed by atoms with Gasteiger partial charge in [0.15, 0.2) is 5.11 Å². The van der Waals surface area contributed by atoms with E-state index >= 15 is 0 Å². The fourth-order valence-corrected chi connectivity index (χ4v) is 2.79. The molecule has 8 nitrogen and oxygen atoms in total. The molecular weight excluding hydrogens is 384 g/mol. The maximum Gasteiger partial charge on any atom is 0.306 e. The average Bonchev–Trinajstić information content (AvgIpc) is 3.04. The number of aryl methyl sites for hydroxylation is 1. The van der Waals surface area contributed by atoms with Gasteiger partial charge in [0, 0.05) is 0 Å². The van der Waals surface area contributed by atoms with E-state index in [4.69, 9.17) is 26.5 Å². The molecule has 3 rings (SSSR count). The van der Waals surface area contributed by atoms with Crippen molar-refractivity contribution in [2.45, 2.75) is 13.3 Å². The van der Waals surface area contributed by atoms with Crippen LogP contribution in [-0.4, -0.2) is 34.6 Å². The Balaban J connectivity index is 1.81. The van der Waals surface area contributed by atoms with Crippen molar-refractivity contribution < 1.29 is 28.6 Å². The van der Waals surface area contributed by atoms with Crippen LogP contribution in [0.25, 0.3) is 6.08 Å². The number of carbonyl (C=O) groups is 3. The predicted molar refractivity (Wildman–Crippen MR) is 104 cm³/mol. The number of hydrogen-bond donors (Lipinski definition) is 2. The molecule has 2 aromatic rings. The maximum atomic E-state index is 12.9. The molecule has 144 valence electrons. The van der Waals surface area contributed by atoms with Crippen molar-refractivity contribution in [2.24, 2.45) is 0 Å². The molecule has 0 bridgehead atoms. The largest absolute Gasteiger partial charge is 0.493 e. The number of carbonyl (C=O) groups excluding carboxylic acids is 2. The Hall–Kier alpha value is -3.46. The average molecular weight is 400 g/mol. The molecule has 1 fully saturated rings. The van der Waals surface area contributed by atoms with E-state index in [1.807, 2.05) is 0 Å². The van der Waals surface area contributed by atoms with E-state index in [0.717, 1.165) is 0 Å². The van der Waals surface area contributed by atoms with Crippen molar-refractivity contribution in [1.82, 2.24) is 5.32 Å². The van der Waals surface area contributed by atoms with Crippen LogP contribution in [0.5, 0.6) is 5.75 Å². The molecule has 0 unspecified atom stereocenters. The number of carboxylic acids is 1. The van der Waals surface area contributed by atoms with Gasteiger partial charge in [-0.2, -0.15) is 0 Å². The molecule has 0 radical (unpaired) electrons. The molecule has 2 N–H and O–H groups in total. The smallest absolute Gasteiger partial charge is 0.306 e. The normalized spacial score (nSPS) is 15.7. The Labute approximate surface area is 165 Å². The number of thiocarbonyl (C=S) groups is 1. The lowest BCUT2D eigenvalue weighted by molar-refractivity contribution is -0.137. The van der Waals surface area contributed by atoms with Gasteiger partial charge in [0.25, 0.3) is 11.8 Å². The number of benzene rings is 1. The zero-order chi connectivity index (χ0) is 20.3. The molecule has 1 saturated heterocycles. The number of furan rings is 1. The van der Waals surface area contributed by atoms with Crippen LogP contribution < -0.4 is 15.0 Å². The molecule has 0 saturated carbocycles. The Kier molecular flexibility index (Phi) is 5.55. The number of amides is 2. The van der Waals surface area contributed by atoms with E-state index in [-0.39, 0.29) is 23.7 Å². The van der Waals surface area contributed by atoms with Crippen LogP contribution in [0, 0.1) is 6.92 Å². The topological polar surface area (TPSA) is 109 Å². The van der Waals surface area contributed by atoms with Crippen molar-refractivity contribution in [2.75, 3.05) is 11.5 Å². The Morgan fingerprint density at radius 2 is 1.96 bits per heavy atom. The number of nitrogens with one attached hydrogen (secondary N) is 1. The van der Waals surface area contributed by atoms with Crippen LogP contribution in [0.15, 0.2) is 46.4 Å². The summed E-state index contributed by atoms with van der Waals surface area (Å²) in [5.41, 5.74) is 0.326. The minimum absolute atomic E-state index is 0.0290. The van der Waals surface area contributed by atoms with Gasteiger partial charge in [-0.15, -0.1) is 0 Å². The van der Waals surface area contributed by atoms with Crippen molar-refractivity contribution in [3.05, 3.63) is 53.5 Å². The molecule has 0 spiro atoms. The number of ether oxygens (including phenoxy) is 1. The lowest BCUT2D eigenvalue weighted by Crippen LogP contribution is -2.54. The lowest BCUT2D eigenvalue weighted by Gasteiger charge is -2.28. The summed E-state index contributed by atoms with van der Waals surface area (Å²) in [6.07, 6.45) is 1.24. The lowest BCUT2D eigenvalue weighted by atomic mass is 10.1. The first-order chi connectivity index (χ1) is 13.3. The van der Waals surface area contributed by atoms with E-state index in [9.17, 15) is 14.4 Å². The van der Waals surface area contributed by atoms with E-state index in [1.165, 1.54) is 11.0 Å². The molecule has 2 amide bonds. The third-order valence-electron chi connectivity index (χ3n) is 3.83. The number of nitrogens with zero attached hydrogens (tertiary/aromatic N) is 1. The summed E-state index contributed by atoms with van der Waals surface area (Å²) in [6.45, 7) is 1.79. The second-order valence-corrected chi connectivity index (χ2v) is 6.28. The van der Waals surface area contributed by atoms with Crippen LogP contribution in [0.4, 0.5) is 5.69 Å². The van der Waals surface area contributed by atoms with Gasteiger partial charge in [-0.05, 0) is 61.6 Å². The van der Waals surface area contributed by atoms with Gasteiger partial charge in [0.2, 0.25) is 0 Å². The predicted octanol–water partition coefficient (Wildman–Crippen LogP) is 2.27. The van der Waals surface area contributed by atoms with Gasteiger partial charge in [-0.3, -0.25) is 24.6 Å². The second-order valence-electron chi connectivity index (χ2n) is 5.89. The van der Waals surface area contributed by atoms with Gasteiger partial charge in [0.1, 0.15) is 22.8 Å². The van der Waals surface area contributed by atoms with Crippen LogP contribution in [-0.2, 0) is 14.4 Å². The highest BCUT2D eigenvalue weighted by molar-refractivity contribution is 7.80. The minimum atomic E-state index is -0.956. The number of rotatable bonds is 6. The van der Waals surface area contributed by atoms with Gasteiger partial charge >= 0.3 is 5.97 Å². The van der Waals surface area contributed by atoms with Crippen molar-refractivity contribution >= 4 is 46.9 Å². The molecular formula is C19H16N2O6S. The van der Waals surface area contributed by atoms with Crippen molar-refractivity contribution in [1.29, 1.82) is 0 Å². The molecule has 0 aliphatic carbocycles. The number of hydrogen-bond acceptors (Lipinski definition) is 6. The summed E-state index contributed by atoms with van der Waals surface area (Å²) in [5, 5.41) is 11.1. The highest BCUT2D eigenvalue weighted by Gasteiger charge is 2.34. The summed E-state index contributed by atoms with van der Waals surface area (Å²) in [7, 11) is 0. The first kappa shape index (κ1) is 19.3. The molecule has 2 heterocycles. The van der Waals surface area contributed by atoms with E-state index < -0.39 is 17.8 Å². The molecule has 1 aliphatic rings. The summed E-state index contributed by atoms with van der Waals surface area (Å²) in [5.74, 6) is -0.655. The molecule has 9 heteroatoms. The highest BCUT2D eigenvalue weighted by Crippen LogP contribution is 2.24. The summed E-state index contributed by atoms with van der Waals surface area (Å²) >= 11 is 5.14. The van der Waals surface area contributed by atoms with Crippen LogP contribution >= 0.6 is 12.2 Å². The summed E-state index contributed by atoms with van der Waals surface area (Å²) in [4.78, 5) is 36.8. The van der Waals surface area contributed by atoms with E-state index in [1.54, 1.807) is 43.3 Å². The monoisotopic (exact) mass is 400 g/mol. The van der Waals surface area contributed by atoms with Gasteiger partial charge in [-0.1, -0.05) is 0 Å². The molecule has 28 heavy (non-hydrogen) atoms. The van der Waals surface area contributed by atoms with Crippen molar-refractivity contribution in [3.8, 4) is 5.75 Å². The fourth-order valence-electron chi connectivity index (χ4n) is 2.51. The molecule has 1 aromatic carbocycles. The third-order valence-corrected chi connectivity index (χ3v) is 4.11. The first-order valence-corrected chi connectivity index (χ1v) is 8.68. The van der Waals surface area contributed by atoms with Crippen LogP contribution in [0.2, 0.25) is 0 Å². The highest BCUT2D eigenvalue weighted by atomic mass is 32.1. The zero-order valence-corrected chi connectivity index (χ0v) is 15.6. The van der Waals surface area contributed by atoms with Gasteiger partial charge in [-0.25, -0.2) is 0 Å². The van der Waals surface area contributed by atoms with Gasteiger partial charge < -0.3 is 14.3 Å². The SMILES string of the molecule is Cc1ccc(/C=C2/C(=O)NC(=S)N(c3ccc(OCCC(=O)O)cc3)C2=O)o1. The standard InChI is InChI=1S/C19H16N2O6S/c1-11-2-5-14(27-11)10-15-17(24)20-19(28)21(18(15)25)12-3-6-13(7-4-12)26-9-8-16(22)23/h2-7,10H,8-9H2,1H3,(H,22,23)(H,20,24,28)/b15-10-. The summed E-state index contributed by atoms with van der Waals surface area (Å²) < 4.78 is 10.7. The Morgan fingerprint density at radius 1 is 1.25 bits per heavy atom. The fraction of sp³-hybridized carbons (Fsp3) is 0.158. The van der Waals surface area contributed by atoms with E-state index in [0.29, 0.717) is 23.0 Å². The molecule has 0 atom stereocenters. The number of anilines is 1. The Bertz CT molecular complexity index is 977. The van der Waals surface area contributed by atoms with Crippen LogP contribution in [0.1, 0.15) is 17.9 Å². The number of aliphatic carboxylic acids is 1.